The van der Waals surface area contributed by atoms with Crippen molar-refractivity contribution >= 4 is 19.8 Å². The summed E-state index contributed by atoms with van der Waals surface area (Å²) in [6, 6.07) is 0. The van der Waals surface area contributed by atoms with Crippen LogP contribution in [0.2, 0.25) is 0 Å². The first-order valence-electron chi connectivity index (χ1n) is 20.0. The Morgan fingerprint density at radius 2 is 1.10 bits per heavy atom. The Morgan fingerprint density at radius 1 is 0.620 bits per heavy atom. The van der Waals surface area contributed by atoms with Crippen LogP contribution in [0.5, 0.6) is 0 Å². The number of phosphoric ester groups is 1. The van der Waals surface area contributed by atoms with Gasteiger partial charge in [0, 0.05) is 12.8 Å². The van der Waals surface area contributed by atoms with E-state index in [1.165, 1.54) is 64.2 Å². The molecule has 0 bridgehead atoms. The molecular formula is C40H76NO8P. The van der Waals surface area contributed by atoms with Gasteiger partial charge in [-0.15, -0.1) is 0 Å². The van der Waals surface area contributed by atoms with E-state index in [1.54, 1.807) is 0 Å². The quantitative estimate of drug-likeness (QED) is 0.0206. The molecule has 0 amide bonds. The van der Waals surface area contributed by atoms with Crippen LogP contribution >= 0.6 is 7.82 Å². The topological polar surface area (TPSA) is 111 Å². The normalized spacial score (nSPS) is 14.0. The summed E-state index contributed by atoms with van der Waals surface area (Å²) < 4.78 is 33.8. The predicted octanol–water partition coefficient (Wildman–Crippen LogP) is 10.2. The molecule has 0 radical (unpaired) electrons. The summed E-state index contributed by atoms with van der Waals surface area (Å²) in [5, 5.41) is 0. The van der Waals surface area contributed by atoms with Gasteiger partial charge in [-0.1, -0.05) is 141 Å². The molecule has 0 aliphatic rings. The number of unbranched alkanes of at least 4 members (excludes halogenated alkanes) is 18. The van der Waals surface area contributed by atoms with Crippen molar-refractivity contribution in [2.45, 2.75) is 174 Å². The first kappa shape index (κ1) is 48.5. The zero-order valence-electron chi connectivity index (χ0n) is 32.8. The molecular weight excluding hydrogens is 653 g/mol. The number of hydrogen-bond acceptors (Lipinski definition) is 8. The minimum atomic E-state index is -4.62. The molecule has 0 rings (SSSR count). The third-order valence-corrected chi connectivity index (χ3v) is 9.44. The average Bonchev–Trinajstić information content (AvgIpc) is 3.06. The van der Waals surface area contributed by atoms with E-state index in [1.807, 2.05) is 21.1 Å². The second kappa shape index (κ2) is 33.3. The number of rotatable bonds is 36. The Bertz CT molecular complexity index is 918. The monoisotopic (exact) mass is 730 g/mol. The van der Waals surface area contributed by atoms with Gasteiger partial charge in [0.1, 0.15) is 19.8 Å². The molecule has 0 saturated carbocycles. The zero-order chi connectivity index (χ0) is 37.2. The lowest BCUT2D eigenvalue weighted by molar-refractivity contribution is -0.870. The van der Waals surface area contributed by atoms with Crippen molar-refractivity contribution in [3.63, 3.8) is 0 Å². The van der Waals surface area contributed by atoms with Crippen LogP contribution in [0, 0.1) is 0 Å². The smallest absolute Gasteiger partial charge is 0.306 e. The van der Waals surface area contributed by atoms with Gasteiger partial charge in [0.05, 0.1) is 27.7 Å². The van der Waals surface area contributed by atoms with Crippen molar-refractivity contribution in [2.24, 2.45) is 0 Å². The fourth-order valence-corrected chi connectivity index (χ4v) is 5.99. The van der Waals surface area contributed by atoms with Crippen molar-refractivity contribution in [3.05, 3.63) is 24.3 Å². The predicted molar refractivity (Wildman–Crippen MR) is 204 cm³/mol. The number of ether oxygens (including phenoxy) is 2. The SMILES string of the molecule is CCCC/C=C\C/C=C\CCCCCCCC(=O)OC[C@H](COP(=O)([O-])OCC[N+](C)(C)C)OC(=O)CCCCCCCCCCCCCC. The summed E-state index contributed by atoms with van der Waals surface area (Å²) in [6.45, 7) is 4.16. The lowest BCUT2D eigenvalue weighted by atomic mass is 10.0. The molecule has 1 unspecified atom stereocenters. The molecule has 294 valence electrons. The van der Waals surface area contributed by atoms with Gasteiger partial charge in [0.25, 0.3) is 7.82 Å². The summed E-state index contributed by atoms with van der Waals surface area (Å²) in [6.07, 6.45) is 33.4. The first-order chi connectivity index (χ1) is 24.0. The number of hydrogen-bond donors (Lipinski definition) is 0. The van der Waals surface area contributed by atoms with Gasteiger partial charge in [-0.05, 0) is 38.5 Å². The Labute approximate surface area is 307 Å². The molecule has 0 aromatic carbocycles. The van der Waals surface area contributed by atoms with Crippen molar-refractivity contribution < 1.29 is 42.1 Å². The summed E-state index contributed by atoms with van der Waals surface area (Å²) in [5.41, 5.74) is 0. The van der Waals surface area contributed by atoms with Crippen LogP contribution in [0.4, 0.5) is 0 Å². The van der Waals surface area contributed by atoms with Gasteiger partial charge >= 0.3 is 11.9 Å². The van der Waals surface area contributed by atoms with Gasteiger partial charge in [0.15, 0.2) is 6.10 Å². The van der Waals surface area contributed by atoms with Crippen molar-refractivity contribution in [2.75, 3.05) is 47.5 Å². The molecule has 0 spiro atoms. The van der Waals surface area contributed by atoms with Gasteiger partial charge < -0.3 is 27.9 Å². The highest BCUT2D eigenvalue weighted by Crippen LogP contribution is 2.38. The minimum absolute atomic E-state index is 0.0316. The molecule has 0 aromatic heterocycles. The van der Waals surface area contributed by atoms with Gasteiger partial charge in [0.2, 0.25) is 0 Å². The van der Waals surface area contributed by atoms with Crippen molar-refractivity contribution in [3.8, 4) is 0 Å². The van der Waals surface area contributed by atoms with E-state index in [2.05, 4.69) is 38.2 Å². The molecule has 9 nitrogen and oxygen atoms in total. The number of nitrogens with zero attached hydrogens (tertiary/aromatic N) is 1. The maximum absolute atomic E-state index is 12.6. The Balaban J connectivity index is 4.43. The van der Waals surface area contributed by atoms with E-state index in [9.17, 15) is 19.0 Å². The minimum Gasteiger partial charge on any atom is -0.756 e. The highest BCUT2D eigenvalue weighted by atomic mass is 31.2. The maximum atomic E-state index is 12.6. The highest BCUT2D eigenvalue weighted by molar-refractivity contribution is 7.45. The van der Waals surface area contributed by atoms with Gasteiger partial charge in [-0.2, -0.15) is 0 Å². The van der Waals surface area contributed by atoms with Crippen LogP contribution in [0.3, 0.4) is 0 Å². The van der Waals surface area contributed by atoms with E-state index in [-0.39, 0.29) is 26.1 Å². The molecule has 10 heteroatoms. The fraction of sp³-hybridized carbons (Fsp3) is 0.850. The Morgan fingerprint density at radius 3 is 1.64 bits per heavy atom. The van der Waals surface area contributed by atoms with Crippen LogP contribution in [-0.2, 0) is 32.7 Å². The number of quaternary nitrogens is 1. The second-order valence-electron chi connectivity index (χ2n) is 14.7. The largest absolute Gasteiger partial charge is 0.756 e. The summed E-state index contributed by atoms with van der Waals surface area (Å²) in [7, 11) is 1.16. The lowest BCUT2D eigenvalue weighted by Gasteiger charge is -2.28. The van der Waals surface area contributed by atoms with Crippen LogP contribution < -0.4 is 4.89 Å². The summed E-state index contributed by atoms with van der Waals surface area (Å²) in [4.78, 5) is 37.3. The third-order valence-electron chi connectivity index (χ3n) is 8.47. The molecule has 0 saturated heterocycles. The maximum Gasteiger partial charge on any atom is 0.306 e. The van der Waals surface area contributed by atoms with Crippen LogP contribution in [0.1, 0.15) is 168 Å². The number of likely N-dealkylation sites (N-methyl/N-ethyl adjacent to an activating group) is 1. The highest BCUT2D eigenvalue weighted by Gasteiger charge is 2.21. The molecule has 0 aliphatic heterocycles. The molecule has 0 heterocycles. The number of esters is 2. The van der Waals surface area contributed by atoms with E-state index in [4.69, 9.17) is 18.5 Å². The van der Waals surface area contributed by atoms with Gasteiger partial charge in [-0.3, -0.25) is 14.2 Å². The van der Waals surface area contributed by atoms with Crippen LogP contribution in [-0.4, -0.2) is 70.0 Å². The number of phosphoric acid groups is 1. The second-order valence-corrected chi connectivity index (χ2v) is 16.1. The van der Waals surface area contributed by atoms with Crippen LogP contribution in [0.15, 0.2) is 24.3 Å². The lowest BCUT2D eigenvalue weighted by Crippen LogP contribution is -2.37. The van der Waals surface area contributed by atoms with E-state index < -0.39 is 32.5 Å². The Kier molecular flexibility index (Phi) is 32.3. The fourth-order valence-electron chi connectivity index (χ4n) is 5.26. The molecule has 2 atom stereocenters. The number of allylic oxidation sites excluding steroid dienone is 4. The van der Waals surface area contributed by atoms with E-state index in [0.29, 0.717) is 23.9 Å². The first-order valence-corrected chi connectivity index (χ1v) is 21.5. The van der Waals surface area contributed by atoms with Crippen LogP contribution in [0.25, 0.3) is 0 Å². The average molecular weight is 730 g/mol. The molecule has 0 N–H and O–H groups in total. The summed E-state index contributed by atoms with van der Waals surface area (Å²) in [5.74, 6) is -0.849. The number of carbonyl (C=O) groups excluding carboxylic acids is 2. The van der Waals surface area contributed by atoms with Gasteiger partial charge in [-0.25, -0.2) is 0 Å². The zero-order valence-corrected chi connectivity index (χ0v) is 33.7. The molecule has 0 fully saturated rings. The molecule has 50 heavy (non-hydrogen) atoms. The van der Waals surface area contributed by atoms with Crippen molar-refractivity contribution in [1.82, 2.24) is 0 Å². The van der Waals surface area contributed by atoms with E-state index >= 15 is 0 Å². The molecule has 0 aromatic rings. The molecule has 0 aliphatic carbocycles. The summed E-state index contributed by atoms with van der Waals surface area (Å²) >= 11 is 0. The van der Waals surface area contributed by atoms with Crippen molar-refractivity contribution in [1.29, 1.82) is 0 Å². The third kappa shape index (κ3) is 36.3. The van der Waals surface area contributed by atoms with E-state index in [0.717, 1.165) is 64.2 Å². The standard InChI is InChI=1S/C40H76NO8P/c1-6-8-10-12-14-16-18-20-21-23-24-26-28-30-32-39(42)46-36-38(37-48-50(44,45)47-35-34-41(3,4)5)49-40(43)33-31-29-27-25-22-19-17-15-13-11-9-7-2/h12,14,18,20,38H,6-11,13,15-17,19,21-37H2,1-5H3/b14-12-,20-18-/t38-/m1/s1. The Hall–Kier alpha value is -1.51. The number of carbonyl (C=O) groups is 2.